The van der Waals surface area contributed by atoms with Gasteiger partial charge in [-0.05, 0) is 38.3 Å². The van der Waals surface area contributed by atoms with Crippen LogP contribution in [-0.4, -0.2) is 23.9 Å². The van der Waals surface area contributed by atoms with Gasteiger partial charge in [0, 0.05) is 19.1 Å². The molecular formula is C16H22O3. The molecule has 2 aliphatic rings. The zero-order valence-corrected chi connectivity index (χ0v) is 11.7. The van der Waals surface area contributed by atoms with Crippen LogP contribution >= 0.6 is 0 Å². The Bertz CT molecular complexity index is 471. The fraction of sp³-hybridized carbons (Fsp3) is 0.625. The van der Waals surface area contributed by atoms with E-state index in [2.05, 4.69) is 0 Å². The van der Waals surface area contributed by atoms with Crippen LogP contribution in [0.4, 0.5) is 0 Å². The van der Waals surface area contributed by atoms with Crippen LogP contribution in [0, 0.1) is 6.92 Å². The molecule has 0 saturated heterocycles. The lowest BCUT2D eigenvalue weighted by Crippen LogP contribution is -2.53. The predicted octanol–water partition coefficient (Wildman–Crippen LogP) is 3.14. The average Bonchev–Trinajstić information content (AvgIpc) is 2.40. The van der Waals surface area contributed by atoms with Gasteiger partial charge in [-0.25, -0.2) is 0 Å². The zero-order chi connectivity index (χ0) is 13.5. The molecule has 1 spiro atoms. The lowest BCUT2D eigenvalue weighted by molar-refractivity contribution is -0.130. The molecule has 1 aromatic carbocycles. The van der Waals surface area contributed by atoms with Crippen molar-refractivity contribution in [2.75, 3.05) is 7.11 Å². The van der Waals surface area contributed by atoms with Gasteiger partial charge < -0.3 is 14.6 Å². The van der Waals surface area contributed by atoms with Crippen molar-refractivity contribution < 1.29 is 14.6 Å². The minimum atomic E-state index is -0.445. The van der Waals surface area contributed by atoms with E-state index in [1.54, 1.807) is 7.11 Å². The molecule has 104 valence electrons. The van der Waals surface area contributed by atoms with Crippen molar-refractivity contribution in [1.82, 2.24) is 0 Å². The first-order valence-corrected chi connectivity index (χ1v) is 7.15. The van der Waals surface area contributed by atoms with Crippen molar-refractivity contribution in [3.05, 3.63) is 29.3 Å². The van der Waals surface area contributed by atoms with Gasteiger partial charge in [0.1, 0.15) is 11.4 Å². The summed E-state index contributed by atoms with van der Waals surface area (Å²) in [6, 6.07) is 6.04. The Hall–Kier alpha value is -1.06. The number of hydrogen-bond acceptors (Lipinski definition) is 3. The Kier molecular flexibility index (Phi) is 3.27. The van der Waals surface area contributed by atoms with Crippen molar-refractivity contribution in [3.8, 4) is 5.75 Å². The van der Waals surface area contributed by atoms with Gasteiger partial charge in [-0.2, -0.15) is 0 Å². The van der Waals surface area contributed by atoms with Crippen LogP contribution in [0.3, 0.4) is 0 Å². The summed E-state index contributed by atoms with van der Waals surface area (Å²) in [5.41, 5.74) is 1.74. The quantitative estimate of drug-likeness (QED) is 0.845. The van der Waals surface area contributed by atoms with E-state index >= 15 is 0 Å². The maximum absolute atomic E-state index is 10.5. The third-order valence-electron chi connectivity index (χ3n) is 4.56. The molecule has 1 aliphatic heterocycles. The number of aliphatic hydroxyl groups excluding tert-OH is 1. The van der Waals surface area contributed by atoms with Crippen LogP contribution in [0.2, 0.25) is 0 Å². The molecule has 0 bridgehead atoms. The van der Waals surface area contributed by atoms with E-state index in [4.69, 9.17) is 9.47 Å². The van der Waals surface area contributed by atoms with Crippen LogP contribution in [0.5, 0.6) is 5.75 Å². The molecule has 0 amide bonds. The SMILES string of the molecule is COC1CCCCC12C[C@H](O)c1cc(C)ccc1O2. The van der Waals surface area contributed by atoms with Crippen LogP contribution < -0.4 is 4.74 Å². The van der Waals surface area contributed by atoms with Gasteiger partial charge in [-0.1, -0.05) is 18.1 Å². The molecule has 1 saturated carbocycles. The fourth-order valence-electron chi connectivity index (χ4n) is 3.58. The number of methoxy groups -OCH3 is 1. The second kappa shape index (κ2) is 4.80. The van der Waals surface area contributed by atoms with Crippen LogP contribution in [0.15, 0.2) is 18.2 Å². The molecular weight excluding hydrogens is 240 g/mol. The molecule has 1 aliphatic carbocycles. The first-order chi connectivity index (χ1) is 9.14. The number of aliphatic hydroxyl groups is 1. The monoisotopic (exact) mass is 262 g/mol. The number of benzene rings is 1. The summed E-state index contributed by atoms with van der Waals surface area (Å²) in [5.74, 6) is 0.827. The highest BCUT2D eigenvalue weighted by Gasteiger charge is 2.48. The number of fused-ring (bicyclic) bond motifs is 1. The van der Waals surface area contributed by atoms with Gasteiger partial charge >= 0.3 is 0 Å². The summed E-state index contributed by atoms with van der Waals surface area (Å²) in [6.45, 7) is 2.04. The number of ether oxygens (including phenoxy) is 2. The summed E-state index contributed by atoms with van der Waals surface area (Å²) in [4.78, 5) is 0. The normalized spacial score (nSPS) is 33.8. The van der Waals surface area contributed by atoms with E-state index < -0.39 is 6.10 Å². The first kappa shape index (κ1) is 12.9. The lowest BCUT2D eigenvalue weighted by atomic mass is 9.75. The highest BCUT2D eigenvalue weighted by molar-refractivity contribution is 5.41. The molecule has 1 N–H and O–H groups in total. The molecule has 3 rings (SSSR count). The highest BCUT2D eigenvalue weighted by Crippen LogP contribution is 2.47. The molecule has 3 nitrogen and oxygen atoms in total. The standard InChI is InChI=1S/C16H22O3/c1-11-6-7-14-12(9-11)13(17)10-16(19-14)8-4-3-5-15(16)18-2/h6-7,9,13,15,17H,3-5,8,10H2,1-2H3/t13-,15?,16?/m0/s1. The highest BCUT2D eigenvalue weighted by atomic mass is 16.5. The summed E-state index contributed by atoms with van der Waals surface area (Å²) >= 11 is 0. The Morgan fingerprint density at radius 1 is 1.37 bits per heavy atom. The Morgan fingerprint density at radius 3 is 3.00 bits per heavy atom. The Morgan fingerprint density at radius 2 is 2.21 bits per heavy atom. The number of rotatable bonds is 1. The Labute approximate surface area is 114 Å². The van der Waals surface area contributed by atoms with Gasteiger partial charge in [0.2, 0.25) is 0 Å². The summed E-state index contributed by atoms with van der Waals surface area (Å²) in [5, 5.41) is 10.5. The molecule has 3 heteroatoms. The van der Waals surface area contributed by atoms with Crippen molar-refractivity contribution in [1.29, 1.82) is 0 Å². The lowest BCUT2D eigenvalue weighted by Gasteiger charge is -2.47. The zero-order valence-electron chi connectivity index (χ0n) is 11.7. The van der Waals surface area contributed by atoms with E-state index in [1.807, 2.05) is 25.1 Å². The van der Waals surface area contributed by atoms with Gasteiger partial charge in [-0.15, -0.1) is 0 Å². The third kappa shape index (κ3) is 2.15. The first-order valence-electron chi connectivity index (χ1n) is 7.15. The minimum Gasteiger partial charge on any atom is -0.484 e. The molecule has 1 fully saturated rings. The largest absolute Gasteiger partial charge is 0.484 e. The van der Waals surface area contributed by atoms with Gasteiger partial charge in [0.15, 0.2) is 0 Å². The molecule has 0 aromatic heterocycles. The maximum atomic E-state index is 10.5. The predicted molar refractivity (Wildman–Crippen MR) is 73.4 cm³/mol. The topological polar surface area (TPSA) is 38.7 Å². The molecule has 0 radical (unpaired) electrons. The molecule has 19 heavy (non-hydrogen) atoms. The maximum Gasteiger partial charge on any atom is 0.138 e. The smallest absolute Gasteiger partial charge is 0.138 e. The summed E-state index contributed by atoms with van der Waals surface area (Å²) in [7, 11) is 1.75. The molecule has 1 aromatic rings. The van der Waals surface area contributed by atoms with Gasteiger partial charge in [-0.3, -0.25) is 0 Å². The minimum absolute atomic E-state index is 0.0883. The van der Waals surface area contributed by atoms with E-state index in [1.165, 1.54) is 6.42 Å². The molecule has 1 heterocycles. The number of aryl methyl sites for hydroxylation is 1. The van der Waals surface area contributed by atoms with Crippen LogP contribution in [-0.2, 0) is 4.74 Å². The van der Waals surface area contributed by atoms with Crippen molar-refractivity contribution in [2.45, 2.75) is 56.8 Å². The molecule has 2 unspecified atom stereocenters. The second-order valence-corrected chi connectivity index (χ2v) is 5.90. The Balaban J connectivity index is 1.97. The molecule has 3 atom stereocenters. The van der Waals surface area contributed by atoms with Crippen LogP contribution in [0.1, 0.15) is 49.3 Å². The van der Waals surface area contributed by atoms with Crippen molar-refractivity contribution in [3.63, 3.8) is 0 Å². The van der Waals surface area contributed by atoms with E-state index in [-0.39, 0.29) is 11.7 Å². The fourth-order valence-corrected chi connectivity index (χ4v) is 3.58. The third-order valence-corrected chi connectivity index (χ3v) is 4.56. The second-order valence-electron chi connectivity index (χ2n) is 5.90. The summed E-state index contributed by atoms with van der Waals surface area (Å²) < 4.78 is 11.9. The van der Waals surface area contributed by atoms with E-state index in [0.717, 1.165) is 36.1 Å². The van der Waals surface area contributed by atoms with Crippen LogP contribution in [0.25, 0.3) is 0 Å². The van der Waals surface area contributed by atoms with Crippen molar-refractivity contribution >= 4 is 0 Å². The summed E-state index contributed by atoms with van der Waals surface area (Å²) in [6.07, 6.45) is 4.60. The van der Waals surface area contributed by atoms with E-state index in [9.17, 15) is 5.11 Å². The van der Waals surface area contributed by atoms with Gasteiger partial charge in [0.25, 0.3) is 0 Å². The average molecular weight is 262 g/mol. The number of hydrogen-bond donors (Lipinski definition) is 1. The van der Waals surface area contributed by atoms with Crippen molar-refractivity contribution in [2.24, 2.45) is 0 Å². The van der Waals surface area contributed by atoms with Gasteiger partial charge in [0.05, 0.1) is 12.2 Å². The van der Waals surface area contributed by atoms with E-state index in [0.29, 0.717) is 6.42 Å².